The summed E-state index contributed by atoms with van der Waals surface area (Å²) in [6.45, 7) is 2.72. The highest BCUT2D eigenvalue weighted by Crippen LogP contribution is 2.30. The molecule has 2 heterocycles. The molecule has 152 valence electrons. The maximum Gasteiger partial charge on any atom is 0.387 e. The molecule has 0 saturated carbocycles. The van der Waals surface area contributed by atoms with Crippen molar-refractivity contribution in [2.24, 2.45) is 0 Å². The Labute approximate surface area is 162 Å². The molecule has 0 bridgehead atoms. The van der Waals surface area contributed by atoms with Crippen LogP contribution in [-0.2, 0) is 5.60 Å². The molecule has 2 atom stereocenters. The average molecular weight is 393 g/mol. The van der Waals surface area contributed by atoms with Crippen molar-refractivity contribution < 1.29 is 23.4 Å². The van der Waals surface area contributed by atoms with Gasteiger partial charge in [0.05, 0.1) is 23.4 Å². The van der Waals surface area contributed by atoms with Gasteiger partial charge >= 0.3 is 6.61 Å². The molecule has 28 heavy (non-hydrogen) atoms. The largest absolute Gasteiger partial charge is 0.434 e. The molecular weight excluding hydrogens is 368 g/mol. The van der Waals surface area contributed by atoms with Gasteiger partial charge in [-0.05, 0) is 45.7 Å². The maximum absolute atomic E-state index is 13.1. The van der Waals surface area contributed by atoms with E-state index in [4.69, 9.17) is 0 Å². The minimum absolute atomic E-state index is 0.0346. The zero-order chi connectivity index (χ0) is 20.5. The van der Waals surface area contributed by atoms with Gasteiger partial charge in [0.2, 0.25) is 0 Å². The Bertz CT molecular complexity index is 832. The number of rotatable bonds is 5. The van der Waals surface area contributed by atoms with Gasteiger partial charge in [-0.1, -0.05) is 12.1 Å². The van der Waals surface area contributed by atoms with Gasteiger partial charge in [0.15, 0.2) is 0 Å². The second-order valence-electron chi connectivity index (χ2n) is 7.68. The van der Waals surface area contributed by atoms with Crippen LogP contribution in [-0.4, -0.2) is 44.9 Å². The quantitative estimate of drug-likeness (QED) is 0.843. The summed E-state index contributed by atoms with van der Waals surface area (Å²) in [6, 6.07) is 5.96. The topological polar surface area (TPSA) is 67.6 Å². The van der Waals surface area contributed by atoms with Crippen LogP contribution in [0.25, 0.3) is 0 Å². The SMILES string of the molecule is C[C@@H]1CC[C@@H](n2cc(C(C)(C)O)cn2)CN1C(=O)c1ccccc1OC(F)F. The van der Waals surface area contributed by atoms with Crippen LogP contribution in [0.3, 0.4) is 0 Å². The highest BCUT2D eigenvalue weighted by molar-refractivity contribution is 5.97. The van der Waals surface area contributed by atoms with Crippen molar-refractivity contribution in [3.8, 4) is 5.75 Å². The number of benzene rings is 1. The number of aliphatic hydroxyl groups is 1. The molecule has 1 aliphatic rings. The lowest BCUT2D eigenvalue weighted by atomic mass is 9.98. The third kappa shape index (κ3) is 4.32. The summed E-state index contributed by atoms with van der Waals surface area (Å²) in [5, 5.41) is 14.5. The van der Waals surface area contributed by atoms with Crippen LogP contribution < -0.4 is 4.74 Å². The fraction of sp³-hybridized carbons (Fsp3) is 0.500. The van der Waals surface area contributed by atoms with Gasteiger partial charge in [0.1, 0.15) is 5.75 Å². The minimum Gasteiger partial charge on any atom is -0.434 e. The van der Waals surface area contributed by atoms with Crippen molar-refractivity contribution in [3.63, 3.8) is 0 Å². The predicted molar refractivity (Wildman–Crippen MR) is 99.3 cm³/mol. The molecular formula is C20H25F2N3O3. The number of hydrogen-bond acceptors (Lipinski definition) is 4. The van der Waals surface area contributed by atoms with Crippen molar-refractivity contribution in [2.75, 3.05) is 6.54 Å². The van der Waals surface area contributed by atoms with Crippen molar-refractivity contribution in [1.29, 1.82) is 0 Å². The van der Waals surface area contributed by atoms with E-state index >= 15 is 0 Å². The number of para-hydroxylation sites is 1. The lowest BCUT2D eigenvalue weighted by molar-refractivity contribution is -0.0503. The van der Waals surface area contributed by atoms with E-state index in [1.807, 2.05) is 6.92 Å². The molecule has 0 aliphatic carbocycles. The van der Waals surface area contributed by atoms with Gasteiger partial charge in [-0.25, -0.2) is 0 Å². The Morgan fingerprint density at radius 3 is 2.68 bits per heavy atom. The highest BCUT2D eigenvalue weighted by Gasteiger charge is 2.32. The second-order valence-corrected chi connectivity index (χ2v) is 7.68. The summed E-state index contributed by atoms with van der Waals surface area (Å²) in [5.41, 5.74) is -0.186. The summed E-state index contributed by atoms with van der Waals surface area (Å²) >= 11 is 0. The fourth-order valence-corrected chi connectivity index (χ4v) is 3.44. The van der Waals surface area contributed by atoms with Gasteiger partial charge in [-0.3, -0.25) is 9.48 Å². The van der Waals surface area contributed by atoms with E-state index in [9.17, 15) is 18.7 Å². The molecule has 1 fully saturated rings. The second kappa shape index (κ2) is 7.87. The Morgan fingerprint density at radius 1 is 1.32 bits per heavy atom. The maximum atomic E-state index is 13.1. The smallest absolute Gasteiger partial charge is 0.387 e. The number of piperidine rings is 1. The van der Waals surface area contributed by atoms with E-state index in [2.05, 4.69) is 9.84 Å². The number of alkyl halides is 2. The minimum atomic E-state index is -3.00. The van der Waals surface area contributed by atoms with Crippen LogP contribution >= 0.6 is 0 Å². The molecule has 8 heteroatoms. The number of hydrogen-bond donors (Lipinski definition) is 1. The zero-order valence-corrected chi connectivity index (χ0v) is 16.2. The molecule has 1 aliphatic heterocycles. The van der Waals surface area contributed by atoms with E-state index in [1.165, 1.54) is 12.1 Å². The van der Waals surface area contributed by atoms with E-state index < -0.39 is 12.2 Å². The Kier molecular flexibility index (Phi) is 5.69. The van der Waals surface area contributed by atoms with E-state index in [1.54, 1.807) is 48.0 Å². The van der Waals surface area contributed by atoms with Gasteiger partial charge < -0.3 is 14.7 Å². The highest BCUT2D eigenvalue weighted by atomic mass is 19.3. The first kappa shape index (κ1) is 20.3. The summed E-state index contributed by atoms with van der Waals surface area (Å²) in [6.07, 6.45) is 4.99. The number of ether oxygens (including phenoxy) is 1. The molecule has 3 rings (SSSR count). The first-order chi connectivity index (χ1) is 13.2. The summed E-state index contributed by atoms with van der Waals surface area (Å²) in [5.74, 6) is -0.469. The van der Waals surface area contributed by atoms with Gasteiger partial charge in [0.25, 0.3) is 5.91 Å². The molecule has 0 spiro atoms. The number of halogens is 2. The number of aromatic nitrogens is 2. The van der Waals surface area contributed by atoms with E-state index in [-0.39, 0.29) is 29.3 Å². The normalized spacial score (nSPS) is 20.5. The summed E-state index contributed by atoms with van der Waals surface area (Å²) < 4.78 is 31.7. The van der Waals surface area contributed by atoms with Crippen LogP contribution in [0.2, 0.25) is 0 Å². The zero-order valence-electron chi connectivity index (χ0n) is 16.2. The van der Waals surface area contributed by atoms with Gasteiger partial charge in [-0.2, -0.15) is 13.9 Å². The Morgan fingerprint density at radius 2 is 2.04 bits per heavy atom. The number of amides is 1. The first-order valence-electron chi connectivity index (χ1n) is 9.28. The predicted octanol–water partition coefficient (Wildman–Crippen LogP) is 3.58. The fourth-order valence-electron chi connectivity index (χ4n) is 3.44. The molecule has 2 aromatic rings. The number of likely N-dealkylation sites (tertiary alicyclic amines) is 1. The monoisotopic (exact) mass is 393 g/mol. The lowest BCUT2D eigenvalue weighted by Crippen LogP contribution is -2.46. The number of carbonyl (C=O) groups is 1. The molecule has 0 radical (unpaired) electrons. The molecule has 6 nitrogen and oxygen atoms in total. The van der Waals surface area contributed by atoms with E-state index in [0.29, 0.717) is 12.1 Å². The van der Waals surface area contributed by atoms with Crippen LogP contribution in [0.5, 0.6) is 5.75 Å². The van der Waals surface area contributed by atoms with E-state index in [0.717, 1.165) is 12.8 Å². The van der Waals surface area contributed by atoms with Gasteiger partial charge in [-0.15, -0.1) is 0 Å². The number of nitrogens with zero attached hydrogens (tertiary/aromatic N) is 3. The molecule has 1 amide bonds. The van der Waals surface area contributed by atoms with Crippen molar-refractivity contribution >= 4 is 5.91 Å². The lowest BCUT2D eigenvalue weighted by Gasteiger charge is -2.38. The summed E-state index contributed by atoms with van der Waals surface area (Å²) in [4.78, 5) is 14.8. The van der Waals surface area contributed by atoms with Crippen LogP contribution in [0.1, 0.15) is 55.6 Å². The van der Waals surface area contributed by atoms with Crippen molar-refractivity contribution in [2.45, 2.75) is 57.9 Å². The van der Waals surface area contributed by atoms with Crippen LogP contribution in [0, 0.1) is 0 Å². The Balaban J connectivity index is 1.82. The van der Waals surface area contributed by atoms with Crippen molar-refractivity contribution in [1.82, 2.24) is 14.7 Å². The van der Waals surface area contributed by atoms with Crippen molar-refractivity contribution in [3.05, 3.63) is 47.8 Å². The third-order valence-corrected chi connectivity index (χ3v) is 5.13. The Hall–Kier alpha value is -2.48. The standard InChI is InChI=1S/C20H25F2N3O3/c1-13-8-9-15(25-11-14(10-23-25)20(2,3)27)12-24(13)18(26)16-6-4-5-7-17(16)28-19(21)22/h4-7,10-11,13,15,19,27H,8-9,12H2,1-3H3/t13-,15-/m1/s1. The molecule has 1 saturated heterocycles. The molecule has 0 unspecified atom stereocenters. The summed E-state index contributed by atoms with van der Waals surface area (Å²) in [7, 11) is 0. The third-order valence-electron chi connectivity index (χ3n) is 5.13. The van der Waals surface area contributed by atoms with Crippen LogP contribution in [0.15, 0.2) is 36.7 Å². The molecule has 1 aromatic heterocycles. The first-order valence-corrected chi connectivity index (χ1v) is 9.28. The van der Waals surface area contributed by atoms with Crippen LogP contribution in [0.4, 0.5) is 8.78 Å². The molecule has 1 N–H and O–H groups in total. The number of carbonyl (C=O) groups excluding carboxylic acids is 1. The average Bonchev–Trinajstić information content (AvgIpc) is 3.12. The molecule has 1 aromatic carbocycles. The van der Waals surface area contributed by atoms with Gasteiger partial charge in [0, 0.05) is 24.3 Å².